The molecule has 3 aromatic carbocycles. The Morgan fingerprint density at radius 2 is 1.60 bits per heavy atom. The first-order valence-electron chi connectivity index (χ1n) is 10.6. The number of rotatable bonds is 7. The lowest BCUT2D eigenvalue weighted by Gasteiger charge is -2.28. The van der Waals surface area contributed by atoms with E-state index in [1.165, 1.54) is 6.07 Å². The number of carbonyl (C=O) groups excluding carboxylic acids is 1. The summed E-state index contributed by atoms with van der Waals surface area (Å²) in [6.07, 6.45) is 1.61. The standard InChI is InChI=1S/C24H20N4O7/c29-24(18-13-21(27(30)31)15-22(14-18)28(32)33)35-23-3-1-2-17(12-23)16-25-19-4-6-20(7-5-19)26-8-10-34-11-9-26/h1-7,12-16H,8-11H2. The molecule has 1 saturated heterocycles. The molecule has 11 nitrogen and oxygen atoms in total. The summed E-state index contributed by atoms with van der Waals surface area (Å²) < 4.78 is 10.7. The Kier molecular flexibility index (Phi) is 7.07. The minimum Gasteiger partial charge on any atom is -0.423 e. The molecule has 0 unspecified atom stereocenters. The maximum absolute atomic E-state index is 12.5. The van der Waals surface area contributed by atoms with Crippen molar-refractivity contribution in [1.82, 2.24) is 0 Å². The highest BCUT2D eigenvalue weighted by atomic mass is 16.6. The summed E-state index contributed by atoms with van der Waals surface area (Å²) in [6, 6.07) is 16.9. The smallest absolute Gasteiger partial charge is 0.344 e. The van der Waals surface area contributed by atoms with Gasteiger partial charge in [0.1, 0.15) is 5.75 Å². The van der Waals surface area contributed by atoms with Gasteiger partial charge in [0.25, 0.3) is 11.4 Å². The summed E-state index contributed by atoms with van der Waals surface area (Å²) in [5.74, 6) is -0.791. The van der Waals surface area contributed by atoms with Crippen LogP contribution in [0.3, 0.4) is 0 Å². The van der Waals surface area contributed by atoms with Crippen molar-refractivity contribution in [2.24, 2.45) is 4.99 Å². The number of nitro benzene ring substituents is 2. The largest absolute Gasteiger partial charge is 0.423 e. The number of anilines is 1. The number of benzene rings is 3. The highest BCUT2D eigenvalue weighted by Gasteiger charge is 2.21. The molecule has 0 N–H and O–H groups in total. The number of hydrogen-bond donors (Lipinski definition) is 0. The van der Waals surface area contributed by atoms with Crippen molar-refractivity contribution in [3.8, 4) is 5.75 Å². The predicted molar refractivity (Wildman–Crippen MR) is 128 cm³/mol. The van der Waals surface area contributed by atoms with E-state index in [4.69, 9.17) is 9.47 Å². The van der Waals surface area contributed by atoms with E-state index in [9.17, 15) is 25.0 Å². The lowest BCUT2D eigenvalue weighted by Crippen LogP contribution is -2.36. The molecule has 1 aliphatic heterocycles. The van der Waals surface area contributed by atoms with Gasteiger partial charge >= 0.3 is 5.97 Å². The normalized spacial score (nSPS) is 13.5. The zero-order chi connectivity index (χ0) is 24.8. The number of non-ortho nitro benzene ring substituents is 2. The second kappa shape index (κ2) is 10.5. The van der Waals surface area contributed by atoms with Gasteiger partial charge in [-0.3, -0.25) is 25.2 Å². The monoisotopic (exact) mass is 476 g/mol. The molecule has 0 radical (unpaired) electrons. The topological polar surface area (TPSA) is 137 Å². The summed E-state index contributed by atoms with van der Waals surface area (Å²) in [4.78, 5) is 39.7. The van der Waals surface area contributed by atoms with Crippen molar-refractivity contribution in [2.75, 3.05) is 31.2 Å². The number of nitro groups is 2. The van der Waals surface area contributed by atoms with Crippen molar-refractivity contribution in [2.45, 2.75) is 0 Å². The van der Waals surface area contributed by atoms with E-state index in [0.717, 1.165) is 42.7 Å². The quantitative estimate of drug-likeness (QED) is 0.162. The number of carbonyl (C=O) groups is 1. The van der Waals surface area contributed by atoms with Crippen LogP contribution in [0.4, 0.5) is 22.7 Å². The molecule has 1 aliphatic rings. The Hall–Kier alpha value is -4.64. The van der Waals surface area contributed by atoms with Crippen LogP contribution in [0.25, 0.3) is 0 Å². The van der Waals surface area contributed by atoms with Crippen LogP contribution in [0.15, 0.2) is 71.7 Å². The fourth-order valence-electron chi connectivity index (χ4n) is 3.47. The van der Waals surface area contributed by atoms with Gasteiger partial charge in [-0.2, -0.15) is 0 Å². The van der Waals surface area contributed by atoms with Gasteiger partial charge in [0.05, 0.1) is 40.4 Å². The second-order valence-corrected chi connectivity index (χ2v) is 7.59. The number of nitrogens with zero attached hydrogens (tertiary/aromatic N) is 4. The predicted octanol–water partition coefficient (Wildman–Crippen LogP) is 4.31. The maximum Gasteiger partial charge on any atom is 0.344 e. The second-order valence-electron chi connectivity index (χ2n) is 7.59. The van der Waals surface area contributed by atoms with Gasteiger partial charge < -0.3 is 14.4 Å². The highest BCUT2D eigenvalue weighted by Crippen LogP contribution is 2.25. The lowest BCUT2D eigenvalue weighted by molar-refractivity contribution is -0.394. The van der Waals surface area contributed by atoms with Crippen molar-refractivity contribution in [1.29, 1.82) is 0 Å². The minimum atomic E-state index is -0.954. The first-order chi connectivity index (χ1) is 16.9. The van der Waals surface area contributed by atoms with Crippen LogP contribution in [0.5, 0.6) is 5.75 Å². The van der Waals surface area contributed by atoms with E-state index in [-0.39, 0.29) is 11.3 Å². The van der Waals surface area contributed by atoms with Gasteiger partial charge in [-0.05, 0) is 42.0 Å². The molecule has 0 saturated carbocycles. The van der Waals surface area contributed by atoms with Crippen LogP contribution in [0, 0.1) is 20.2 Å². The van der Waals surface area contributed by atoms with Crippen LogP contribution in [-0.4, -0.2) is 48.3 Å². The molecule has 4 rings (SSSR count). The van der Waals surface area contributed by atoms with E-state index < -0.39 is 27.2 Å². The molecule has 0 atom stereocenters. The highest BCUT2D eigenvalue weighted by molar-refractivity contribution is 5.93. The SMILES string of the molecule is O=C(Oc1cccc(C=Nc2ccc(N3CCOCC3)cc2)c1)c1cc([N+](=O)[O-])cc([N+](=O)[O-])c1. The Morgan fingerprint density at radius 3 is 2.23 bits per heavy atom. The van der Waals surface area contributed by atoms with Gasteiger partial charge in [0.15, 0.2) is 0 Å². The van der Waals surface area contributed by atoms with Gasteiger partial charge in [-0.25, -0.2) is 4.79 Å². The number of ether oxygens (including phenoxy) is 2. The van der Waals surface area contributed by atoms with Gasteiger partial charge in [0.2, 0.25) is 0 Å². The van der Waals surface area contributed by atoms with E-state index >= 15 is 0 Å². The molecular formula is C24H20N4O7. The van der Waals surface area contributed by atoms with Gasteiger partial charge in [0, 0.05) is 37.1 Å². The molecular weight excluding hydrogens is 456 g/mol. The maximum atomic E-state index is 12.5. The third-order valence-electron chi connectivity index (χ3n) is 5.22. The summed E-state index contributed by atoms with van der Waals surface area (Å²) in [5, 5.41) is 22.1. The van der Waals surface area contributed by atoms with Crippen molar-refractivity contribution in [3.63, 3.8) is 0 Å². The third-order valence-corrected chi connectivity index (χ3v) is 5.22. The van der Waals surface area contributed by atoms with Crippen molar-refractivity contribution < 1.29 is 24.1 Å². The Bertz CT molecular complexity index is 1250. The van der Waals surface area contributed by atoms with Crippen LogP contribution in [0.2, 0.25) is 0 Å². The van der Waals surface area contributed by atoms with Crippen LogP contribution in [0.1, 0.15) is 15.9 Å². The number of hydrogen-bond acceptors (Lipinski definition) is 9. The molecule has 3 aromatic rings. The van der Waals surface area contributed by atoms with Crippen LogP contribution in [-0.2, 0) is 4.74 Å². The lowest BCUT2D eigenvalue weighted by atomic mass is 10.1. The van der Waals surface area contributed by atoms with E-state index in [1.54, 1.807) is 24.4 Å². The zero-order valence-corrected chi connectivity index (χ0v) is 18.4. The van der Waals surface area contributed by atoms with Gasteiger partial charge in [-0.1, -0.05) is 12.1 Å². The average Bonchev–Trinajstić information content (AvgIpc) is 2.88. The van der Waals surface area contributed by atoms with Crippen molar-refractivity contribution in [3.05, 3.63) is 98.1 Å². The number of esters is 1. The summed E-state index contributed by atoms with van der Waals surface area (Å²) in [6.45, 7) is 3.10. The third kappa shape index (κ3) is 6.03. The molecule has 1 heterocycles. The molecule has 0 amide bonds. The fraction of sp³-hybridized carbons (Fsp3) is 0.167. The molecule has 0 spiro atoms. The van der Waals surface area contributed by atoms with Crippen LogP contribution >= 0.6 is 0 Å². The Morgan fingerprint density at radius 1 is 0.943 bits per heavy atom. The molecule has 11 heteroatoms. The number of aliphatic imine (C=N–C) groups is 1. The summed E-state index contributed by atoms with van der Waals surface area (Å²) in [5.41, 5.74) is 1.04. The van der Waals surface area contributed by atoms with Crippen LogP contribution < -0.4 is 9.64 Å². The van der Waals surface area contributed by atoms with Gasteiger partial charge in [-0.15, -0.1) is 0 Å². The summed E-state index contributed by atoms with van der Waals surface area (Å²) >= 11 is 0. The Balaban J connectivity index is 1.45. The first-order valence-corrected chi connectivity index (χ1v) is 10.6. The first kappa shape index (κ1) is 23.5. The van der Waals surface area contributed by atoms with Crippen molar-refractivity contribution >= 4 is 34.9 Å². The minimum absolute atomic E-state index is 0.163. The molecule has 1 fully saturated rings. The van der Waals surface area contributed by atoms with E-state index in [2.05, 4.69) is 9.89 Å². The average molecular weight is 476 g/mol. The molecule has 178 valence electrons. The molecule has 0 aliphatic carbocycles. The van der Waals surface area contributed by atoms with E-state index in [1.807, 2.05) is 24.3 Å². The summed E-state index contributed by atoms with van der Waals surface area (Å²) in [7, 11) is 0. The molecule has 35 heavy (non-hydrogen) atoms. The Labute approximate surface area is 199 Å². The molecule has 0 aromatic heterocycles. The zero-order valence-electron chi connectivity index (χ0n) is 18.4. The molecule has 0 bridgehead atoms. The van der Waals surface area contributed by atoms with E-state index in [0.29, 0.717) is 18.8 Å². The fourth-order valence-corrected chi connectivity index (χ4v) is 3.47. The number of morpholine rings is 1.